The summed E-state index contributed by atoms with van der Waals surface area (Å²) in [7, 11) is 1.87. The van der Waals surface area contributed by atoms with Crippen LogP contribution in [0.1, 0.15) is 11.3 Å². The number of amides is 1. The van der Waals surface area contributed by atoms with Crippen molar-refractivity contribution in [3.63, 3.8) is 0 Å². The second-order valence-corrected chi connectivity index (χ2v) is 7.97. The van der Waals surface area contributed by atoms with E-state index in [4.69, 9.17) is 9.15 Å². The molecule has 0 radical (unpaired) electrons. The van der Waals surface area contributed by atoms with Crippen LogP contribution in [0, 0.1) is 13.8 Å². The van der Waals surface area contributed by atoms with Gasteiger partial charge in [0.05, 0.1) is 17.6 Å². The van der Waals surface area contributed by atoms with Gasteiger partial charge in [-0.2, -0.15) is 0 Å². The van der Waals surface area contributed by atoms with Crippen molar-refractivity contribution < 1.29 is 13.9 Å². The van der Waals surface area contributed by atoms with Gasteiger partial charge >= 0.3 is 0 Å². The van der Waals surface area contributed by atoms with E-state index in [1.165, 1.54) is 17.3 Å². The topological polar surface area (TPSA) is 82.2 Å². The molecule has 0 fully saturated rings. The number of benzene rings is 2. The van der Waals surface area contributed by atoms with Gasteiger partial charge in [-0.3, -0.25) is 4.79 Å². The highest BCUT2D eigenvalue weighted by molar-refractivity contribution is 7.99. The normalized spacial score (nSPS) is 10.8. The van der Waals surface area contributed by atoms with E-state index in [2.05, 4.69) is 15.5 Å². The first-order valence-electron chi connectivity index (χ1n) is 9.70. The summed E-state index contributed by atoms with van der Waals surface area (Å²) in [6.45, 7) is 3.91. The van der Waals surface area contributed by atoms with Gasteiger partial charge in [0.25, 0.3) is 0 Å². The second-order valence-electron chi connectivity index (χ2n) is 7.03. The molecule has 2 heterocycles. The fraction of sp³-hybridized carbons (Fsp3) is 0.174. The molecule has 0 aliphatic heterocycles. The number of nitrogens with zero attached hydrogens (tertiary/aromatic N) is 3. The SMILES string of the molecule is Cc1ccc(Oc2ccc(NC(=O)CSc3nnc(-c4ccoc4C)n3C)cc2)cc1. The van der Waals surface area contributed by atoms with Crippen LogP contribution in [0.15, 0.2) is 70.4 Å². The molecule has 0 bridgehead atoms. The summed E-state index contributed by atoms with van der Waals surface area (Å²) in [4.78, 5) is 12.4. The largest absolute Gasteiger partial charge is 0.469 e. The van der Waals surface area contributed by atoms with Gasteiger partial charge in [-0.1, -0.05) is 29.5 Å². The Morgan fingerprint density at radius 2 is 1.71 bits per heavy atom. The number of furan rings is 1. The molecule has 1 amide bonds. The van der Waals surface area contributed by atoms with Gasteiger partial charge in [-0.15, -0.1) is 10.2 Å². The lowest BCUT2D eigenvalue weighted by Crippen LogP contribution is -2.14. The van der Waals surface area contributed by atoms with Crippen LogP contribution in [0.2, 0.25) is 0 Å². The number of aryl methyl sites for hydroxylation is 2. The Balaban J connectivity index is 1.31. The number of aromatic nitrogens is 3. The van der Waals surface area contributed by atoms with E-state index in [9.17, 15) is 4.79 Å². The second kappa shape index (κ2) is 9.09. The summed E-state index contributed by atoms with van der Waals surface area (Å²) < 4.78 is 13.0. The van der Waals surface area contributed by atoms with Crippen molar-refractivity contribution in [1.29, 1.82) is 0 Å². The van der Waals surface area contributed by atoms with Crippen molar-refractivity contribution in [2.75, 3.05) is 11.1 Å². The molecule has 0 spiro atoms. The molecule has 4 aromatic rings. The molecule has 7 nitrogen and oxygen atoms in total. The summed E-state index contributed by atoms with van der Waals surface area (Å²) in [5, 5.41) is 11.9. The molecule has 1 N–H and O–H groups in total. The van der Waals surface area contributed by atoms with E-state index < -0.39 is 0 Å². The third kappa shape index (κ3) is 4.97. The molecular formula is C23H22N4O3S. The Morgan fingerprint density at radius 3 is 2.35 bits per heavy atom. The van der Waals surface area contributed by atoms with Gasteiger partial charge in [-0.05, 0) is 56.3 Å². The van der Waals surface area contributed by atoms with E-state index in [0.29, 0.717) is 22.4 Å². The lowest BCUT2D eigenvalue weighted by molar-refractivity contribution is -0.113. The zero-order valence-electron chi connectivity index (χ0n) is 17.5. The van der Waals surface area contributed by atoms with Crippen molar-refractivity contribution in [2.24, 2.45) is 7.05 Å². The highest BCUT2D eigenvalue weighted by Gasteiger charge is 2.15. The third-order valence-corrected chi connectivity index (χ3v) is 5.68. The average Bonchev–Trinajstić information content (AvgIpc) is 3.34. The molecule has 158 valence electrons. The maximum absolute atomic E-state index is 12.4. The number of anilines is 1. The standard InChI is InChI=1S/C23H22N4O3S/c1-15-4-8-18(9-5-15)30-19-10-6-17(7-11-19)24-21(28)14-31-23-26-25-22(27(23)3)20-12-13-29-16(20)2/h4-13H,14H2,1-3H3,(H,24,28). The lowest BCUT2D eigenvalue weighted by Gasteiger charge is -2.08. The Morgan fingerprint density at radius 1 is 1.03 bits per heavy atom. The fourth-order valence-electron chi connectivity index (χ4n) is 2.97. The summed E-state index contributed by atoms with van der Waals surface area (Å²) in [6, 6.07) is 17.0. The number of carbonyl (C=O) groups is 1. The van der Waals surface area contributed by atoms with Gasteiger partial charge in [0.15, 0.2) is 11.0 Å². The maximum Gasteiger partial charge on any atom is 0.234 e. The predicted octanol–water partition coefficient (Wildman–Crippen LogP) is 5.22. The van der Waals surface area contributed by atoms with Gasteiger partial charge < -0.3 is 19.0 Å². The number of hydrogen-bond donors (Lipinski definition) is 1. The van der Waals surface area contributed by atoms with Crippen LogP contribution in [0.3, 0.4) is 0 Å². The van der Waals surface area contributed by atoms with Crippen LogP contribution >= 0.6 is 11.8 Å². The maximum atomic E-state index is 12.4. The van der Waals surface area contributed by atoms with Crippen molar-refractivity contribution in [1.82, 2.24) is 14.8 Å². The first-order valence-corrected chi connectivity index (χ1v) is 10.7. The van der Waals surface area contributed by atoms with E-state index in [1.807, 2.05) is 80.1 Å². The minimum atomic E-state index is -0.124. The molecule has 0 saturated heterocycles. The van der Waals surface area contributed by atoms with Crippen molar-refractivity contribution in [3.8, 4) is 22.9 Å². The van der Waals surface area contributed by atoms with E-state index in [1.54, 1.807) is 6.26 Å². The Kier molecular flexibility index (Phi) is 6.08. The van der Waals surface area contributed by atoms with Crippen molar-refractivity contribution in [3.05, 3.63) is 72.2 Å². The molecule has 0 unspecified atom stereocenters. The quantitative estimate of drug-likeness (QED) is 0.402. The monoisotopic (exact) mass is 434 g/mol. The first-order chi connectivity index (χ1) is 15.0. The van der Waals surface area contributed by atoms with Crippen molar-refractivity contribution >= 4 is 23.4 Å². The highest BCUT2D eigenvalue weighted by atomic mass is 32.2. The van der Waals surface area contributed by atoms with Crippen LogP contribution in [0.5, 0.6) is 11.5 Å². The minimum Gasteiger partial charge on any atom is -0.469 e. The van der Waals surface area contributed by atoms with E-state index in [0.717, 1.165) is 17.1 Å². The number of hydrogen-bond acceptors (Lipinski definition) is 6. The molecule has 2 aromatic heterocycles. The summed E-state index contributed by atoms with van der Waals surface area (Å²) in [5.41, 5.74) is 2.77. The van der Waals surface area contributed by atoms with E-state index >= 15 is 0 Å². The zero-order valence-corrected chi connectivity index (χ0v) is 18.3. The molecule has 0 saturated carbocycles. The Hall–Kier alpha value is -3.52. The number of ether oxygens (including phenoxy) is 1. The van der Waals surface area contributed by atoms with Crippen LogP contribution < -0.4 is 10.1 Å². The van der Waals surface area contributed by atoms with Crippen LogP contribution in [0.25, 0.3) is 11.4 Å². The smallest absolute Gasteiger partial charge is 0.234 e. The summed E-state index contributed by atoms with van der Waals surface area (Å²) >= 11 is 1.33. The van der Waals surface area contributed by atoms with Crippen LogP contribution in [-0.4, -0.2) is 26.4 Å². The van der Waals surface area contributed by atoms with Gasteiger partial charge in [0, 0.05) is 12.7 Å². The molecule has 4 rings (SSSR count). The minimum absolute atomic E-state index is 0.124. The fourth-order valence-corrected chi connectivity index (χ4v) is 3.68. The number of rotatable bonds is 7. The molecule has 31 heavy (non-hydrogen) atoms. The predicted molar refractivity (Wildman–Crippen MR) is 120 cm³/mol. The lowest BCUT2D eigenvalue weighted by atomic mass is 10.2. The van der Waals surface area contributed by atoms with E-state index in [-0.39, 0.29) is 11.7 Å². The molecular weight excluding hydrogens is 412 g/mol. The highest BCUT2D eigenvalue weighted by Crippen LogP contribution is 2.26. The Bertz CT molecular complexity index is 1180. The third-order valence-electron chi connectivity index (χ3n) is 4.66. The van der Waals surface area contributed by atoms with Crippen molar-refractivity contribution in [2.45, 2.75) is 19.0 Å². The first kappa shape index (κ1) is 20.7. The Labute approximate surface area is 184 Å². The molecule has 2 aromatic carbocycles. The molecule has 0 aliphatic rings. The number of nitrogens with one attached hydrogen (secondary N) is 1. The van der Waals surface area contributed by atoms with Crippen LogP contribution in [-0.2, 0) is 11.8 Å². The van der Waals surface area contributed by atoms with Gasteiger partial charge in [0.2, 0.25) is 5.91 Å². The average molecular weight is 435 g/mol. The zero-order chi connectivity index (χ0) is 21.8. The summed E-state index contributed by atoms with van der Waals surface area (Å²) in [5.74, 6) is 3.06. The van der Waals surface area contributed by atoms with Crippen LogP contribution in [0.4, 0.5) is 5.69 Å². The number of carbonyl (C=O) groups excluding carboxylic acids is 1. The molecule has 8 heteroatoms. The molecule has 0 atom stereocenters. The van der Waals surface area contributed by atoms with Gasteiger partial charge in [-0.25, -0.2) is 0 Å². The van der Waals surface area contributed by atoms with Gasteiger partial charge in [0.1, 0.15) is 17.3 Å². The summed E-state index contributed by atoms with van der Waals surface area (Å²) in [6.07, 6.45) is 1.62. The molecule has 0 aliphatic carbocycles. The number of thioether (sulfide) groups is 1.